The fourth-order valence-electron chi connectivity index (χ4n) is 13.4. The maximum absolute atomic E-state index is 14.5. The van der Waals surface area contributed by atoms with Gasteiger partial charge in [-0.2, -0.15) is 0 Å². The molecule has 12 nitrogen and oxygen atoms in total. The molecule has 0 radical (unpaired) electrons. The molecule has 4 fully saturated rings. The summed E-state index contributed by atoms with van der Waals surface area (Å²) in [5.41, 5.74) is 3.40. The van der Waals surface area contributed by atoms with Crippen molar-refractivity contribution in [3.05, 3.63) is 144 Å². The van der Waals surface area contributed by atoms with E-state index in [1.807, 2.05) is 121 Å². The zero-order chi connectivity index (χ0) is 51.4. The second-order valence-electron chi connectivity index (χ2n) is 21.9. The first-order valence-corrected chi connectivity index (χ1v) is 28.3. The quantitative estimate of drug-likeness (QED) is 0.0426. The Kier molecular flexibility index (Phi) is 18.5. The van der Waals surface area contributed by atoms with Gasteiger partial charge in [0, 0.05) is 12.8 Å². The van der Waals surface area contributed by atoms with E-state index in [2.05, 4.69) is 20.8 Å². The Balaban J connectivity index is 0.822. The Labute approximate surface area is 431 Å². The molecule has 4 saturated carbocycles. The Morgan fingerprint density at radius 2 is 1.11 bits per heavy atom. The molecule has 392 valence electrons. The summed E-state index contributed by atoms with van der Waals surface area (Å²) < 4.78 is 49.2. The van der Waals surface area contributed by atoms with Crippen molar-refractivity contribution in [2.45, 2.75) is 136 Å². The van der Waals surface area contributed by atoms with Gasteiger partial charge in [-0.25, -0.2) is 4.79 Å². The zero-order valence-electron chi connectivity index (χ0n) is 42.9. The highest BCUT2D eigenvalue weighted by atomic mass is 31.2. The monoisotopic (exact) mass is 1020 g/mol. The van der Waals surface area contributed by atoms with Gasteiger partial charge in [-0.3, -0.25) is 18.9 Å². The molecule has 0 aromatic heterocycles. The summed E-state index contributed by atoms with van der Waals surface area (Å²) in [5, 5.41) is 12.0. The van der Waals surface area contributed by atoms with Crippen LogP contribution in [-0.2, 0) is 78.2 Å². The average molecular weight is 1020 g/mol. The summed E-state index contributed by atoms with van der Waals surface area (Å²) in [4.78, 5) is 53.0. The number of hydrogen-bond acceptors (Lipinski definition) is 12. The van der Waals surface area contributed by atoms with Gasteiger partial charge < -0.3 is 33.1 Å². The lowest BCUT2D eigenvalue weighted by Gasteiger charge is -2.62. The van der Waals surface area contributed by atoms with Crippen LogP contribution in [0.1, 0.15) is 120 Å². The number of hydrogen-bond donors (Lipinski definition) is 1. The number of carbonyl (C=O) groups excluding carboxylic acids is 4. The summed E-state index contributed by atoms with van der Waals surface area (Å²) in [6, 6.07) is 37.4. The van der Waals surface area contributed by atoms with Crippen LogP contribution in [0.15, 0.2) is 121 Å². The third-order valence-electron chi connectivity index (χ3n) is 17.3. The molecule has 13 heteroatoms. The van der Waals surface area contributed by atoms with Crippen LogP contribution in [0.3, 0.4) is 0 Å². The lowest BCUT2D eigenvalue weighted by atomic mass is 9.43. The van der Waals surface area contributed by atoms with Crippen LogP contribution in [0, 0.1) is 52.3 Å². The van der Waals surface area contributed by atoms with Crippen LogP contribution in [0.4, 0.5) is 0 Å². The molecule has 4 aromatic rings. The fraction of sp³-hybridized carbons (Fsp3) is 0.533. The number of esters is 4. The van der Waals surface area contributed by atoms with Crippen molar-refractivity contribution in [1.82, 2.24) is 0 Å². The van der Waals surface area contributed by atoms with E-state index in [0.29, 0.717) is 56.0 Å². The van der Waals surface area contributed by atoms with Crippen LogP contribution in [0.5, 0.6) is 0 Å². The third kappa shape index (κ3) is 14.0. The van der Waals surface area contributed by atoms with E-state index in [1.54, 1.807) is 0 Å². The molecule has 0 amide bonds. The third-order valence-corrected chi connectivity index (χ3v) is 19.3. The standard InChI is InChI=1S/C60H75O12P/c1-42(24-28-54(62)67-36-43-16-8-4-9-17-43)50-26-27-51-57-52(31-33-60(50,51)3)59(2)32-30-49(34-48(59)35-53(57)61)72-56(64)40-68-55(63)29-25-47(58(65)69-37-44-18-10-5-11-19-44)41-73(66,70-38-45-20-12-6-13-21-45)71-39-46-22-14-7-15-23-46/h4-23,42,47-53,57,61H,24-41H2,1-3H3/t42-,47?,48?,49-,50-,51?,52?,53+,57?,59+,60-/m1/s1. The smallest absolute Gasteiger partial charge is 0.344 e. The molecule has 4 aromatic carbocycles. The summed E-state index contributed by atoms with van der Waals surface area (Å²) in [6.45, 7) is 6.79. The Morgan fingerprint density at radius 1 is 0.603 bits per heavy atom. The van der Waals surface area contributed by atoms with Gasteiger partial charge in [-0.15, -0.1) is 0 Å². The van der Waals surface area contributed by atoms with Crippen LogP contribution in [0.25, 0.3) is 0 Å². The average Bonchev–Trinajstić information content (AvgIpc) is 3.77. The van der Waals surface area contributed by atoms with Crippen molar-refractivity contribution in [3.8, 4) is 0 Å². The minimum absolute atomic E-state index is 0.00867. The molecule has 5 unspecified atom stereocenters. The molecule has 11 atom stereocenters. The first-order valence-electron chi connectivity index (χ1n) is 26.6. The van der Waals surface area contributed by atoms with Gasteiger partial charge in [0.1, 0.15) is 19.3 Å². The van der Waals surface area contributed by atoms with Gasteiger partial charge >= 0.3 is 31.5 Å². The van der Waals surface area contributed by atoms with Crippen LogP contribution >= 0.6 is 7.60 Å². The lowest BCUT2D eigenvalue weighted by molar-refractivity contribution is -0.185. The number of fused-ring (bicyclic) bond motifs is 5. The zero-order valence-corrected chi connectivity index (χ0v) is 43.8. The van der Waals surface area contributed by atoms with E-state index in [1.165, 1.54) is 0 Å². The number of carbonyl (C=O) groups is 4. The van der Waals surface area contributed by atoms with E-state index in [-0.39, 0.29) is 73.6 Å². The predicted molar refractivity (Wildman–Crippen MR) is 276 cm³/mol. The maximum Gasteiger partial charge on any atom is 0.344 e. The number of benzene rings is 4. The number of aliphatic hydroxyl groups excluding tert-OH is 1. The Hall–Kier alpha value is -5.13. The van der Waals surface area contributed by atoms with Gasteiger partial charge in [0.05, 0.1) is 31.4 Å². The van der Waals surface area contributed by atoms with Gasteiger partial charge in [-0.05, 0) is 133 Å². The lowest BCUT2D eigenvalue weighted by Crippen LogP contribution is -2.58. The van der Waals surface area contributed by atoms with E-state index in [9.17, 15) is 28.8 Å². The number of rotatable bonds is 23. The van der Waals surface area contributed by atoms with E-state index < -0.39 is 44.1 Å². The van der Waals surface area contributed by atoms with Gasteiger partial charge in [0.2, 0.25) is 0 Å². The van der Waals surface area contributed by atoms with Crippen LogP contribution in [0.2, 0.25) is 0 Å². The molecule has 4 aliphatic rings. The molecule has 1 N–H and O–H groups in total. The first-order chi connectivity index (χ1) is 35.2. The van der Waals surface area contributed by atoms with E-state index in [4.69, 9.17) is 28.0 Å². The molecule has 4 aliphatic carbocycles. The number of ether oxygens (including phenoxy) is 4. The molecule has 0 aliphatic heterocycles. The fourth-order valence-corrected chi connectivity index (χ4v) is 15.2. The highest BCUT2D eigenvalue weighted by Crippen LogP contribution is 2.68. The summed E-state index contributed by atoms with van der Waals surface area (Å²) in [5.74, 6) is -1.19. The second-order valence-corrected chi connectivity index (χ2v) is 24.0. The molecule has 73 heavy (non-hydrogen) atoms. The van der Waals surface area contributed by atoms with Crippen molar-refractivity contribution in [2.75, 3.05) is 12.8 Å². The van der Waals surface area contributed by atoms with Crippen molar-refractivity contribution in [1.29, 1.82) is 0 Å². The molecule has 0 spiro atoms. The van der Waals surface area contributed by atoms with Crippen LogP contribution < -0.4 is 0 Å². The van der Waals surface area contributed by atoms with Crippen molar-refractivity contribution in [2.24, 2.45) is 52.3 Å². The molecular weight excluding hydrogens is 944 g/mol. The number of aliphatic hydroxyl groups is 1. The second kappa shape index (κ2) is 24.9. The van der Waals surface area contributed by atoms with Gasteiger partial charge in [0.25, 0.3) is 0 Å². The summed E-state index contributed by atoms with van der Waals surface area (Å²) >= 11 is 0. The largest absolute Gasteiger partial charge is 0.461 e. The highest BCUT2D eigenvalue weighted by molar-refractivity contribution is 7.53. The Morgan fingerprint density at radius 3 is 1.70 bits per heavy atom. The van der Waals surface area contributed by atoms with Crippen molar-refractivity contribution >= 4 is 31.5 Å². The van der Waals surface area contributed by atoms with Crippen LogP contribution in [-0.4, -0.2) is 54.0 Å². The van der Waals surface area contributed by atoms with Crippen molar-refractivity contribution < 1.29 is 56.8 Å². The van der Waals surface area contributed by atoms with E-state index in [0.717, 1.165) is 60.8 Å². The summed E-state index contributed by atoms with van der Waals surface area (Å²) in [7, 11) is -3.98. The molecule has 0 heterocycles. The minimum atomic E-state index is -3.98. The molecule has 8 rings (SSSR count). The molecule has 0 saturated heterocycles. The van der Waals surface area contributed by atoms with Gasteiger partial charge in [-0.1, -0.05) is 142 Å². The molecular formula is C60H75O12P. The topological polar surface area (TPSA) is 161 Å². The van der Waals surface area contributed by atoms with Gasteiger partial charge in [0.15, 0.2) is 6.61 Å². The first kappa shape index (κ1) is 54.1. The molecule has 0 bridgehead atoms. The normalized spacial score (nSPS) is 27.3. The minimum Gasteiger partial charge on any atom is -0.461 e. The Bertz CT molecular complexity index is 2430. The predicted octanol–water partition coefficient (Wildman–Crippen LogP) is 12.0. The van der Waals surface area contributed by atoms with Crippen molar-refractivity contribution in [3.63, 3.8) is 0 Å². The SMILES string of the molecule is C[C@H](CCC(=O)OCc1ccccc1)[C@H]1CCC2C3C(CC[C@@]21C)[C@@]1(C)CC[C@@H](OC(=O)COC(=O)CCC(CP(=O)(OCc2ccccc2)OCc2ccccc2)C(=O)OCc2ccccc2)CC1C[C@@H]3O. The summed E-state index contributed by atoms with van der Waals surface area (Å²) in [6.07, 6.45) is 6.95. The highest BCUT2D eigenvalue weighted by Gasteiger charge is 2.63. The van der Waals surface area contributed by atoms with E-state index >= 15 is 0 Å². The maximum atomic E-state index is 14.5.